The van der Waals surface area contributed by atoms with Gasteiger partial charge in [0.05, 0.1) is 5.69 Å². The van der Waals surface area contributed by atoms with E-state index >= 15 is 0 Å². The van der Waals surface area contributed by atoms with Crippen LogP contribution in [0.1, 0.15) is 53.5 Å². The Morgan fingerprint density at radius 1 is 1.16 bits per heavy atom. The summed E-state index contributed by atoms with van der Waals surface area (Å²) in [6.07, 6.45) is 3.32. The molecule has 3 aromatic rings. The number of aryl methyl sites for hydroxylation is 1. The topological polar surface area (TPSA) is 114 Å². The van der Waals surface area contributed by atoms with Crippen LogP contribution >= 0.6 is 0 Å². The molecule has 0 unspecified atom stereocenters. The number of aromatic nitrogens is 4. The minimum atomic E-state index is -1.17. The highest BCUT2D eigenvalue weighted by atomic mass is 19.1. The number of carbonyl (C=O) groups excluding carboxylic acids is 1. The number of nitrogens with zero attached hydrogens (tertiary/aromatic N) is 4. The first-order valence-corrected chi connectivity index (χ1v) is 10.0. The lowest BCUT2D eigenvalue weighted by Crippen LogP contribution is -2.31. The van der Waals surface area contributed by atoms with Gasteiger partial charge in [0.1, 0.15) is 5.69 Å². The number of hydrogen-bond donors (Lipinski definition) is 2. The number of aromatic hydroxyl groups is 1. The summed E-state index contributed by atoms with van der Waals surface area (Å²) in [5.74, 6) is -2.67. The summed E-state index contributed by atoms with van der Waals surface area (Å²) >= 11 is 0. The largest absolute Gasteiger partial charge is 0.503 e. The van der Waals surface area contributed by atoms with E-state index in [4.69, 9.17) is 9.63 Å². The molecule has 1 fully saturated rings. The molecule has 1 aliphatic rings. The highest BCUT2D eigenvalue weighted by molar-refractivity contribution is 5.94. The van der Waals surface area contributed by atoms with E-state index < -0.39 is 23.3 Å². The third kappa shape index (κ3) is 4.68. The number of benzene rings is 1. The van der Waals surface area contributed by atoms with E-state index in [0.29, 0.717) is 24.0 Å². The normalized spacial score (nSPS) is 18.7. The average Bonchev–Trinajstić information content (AvgIpc) is 3.26. The van der Waals surface area contributed by atoms with Crippen LogP contribution in [0.15, 0.2) is 28.8 Å². The number of carbonyl (C=O) groups is 1. The SMILES string of the molecule is Cc1ccc(-c2noc(C3CCC(CNC(=O)c4cc(F)c(O)c(F)c4)CC3)n2)nn1. The molecule has 1 saturated carbocycles. The quantitative estimate of drug-likeness (QED) is 0.638. The Kier molecular flexibility index (Phi) is 5.88. The second-order valence-electron chi connectivity index (χ2n) is 7.73. The molecular weight excluding hydrogens is 408 g/mol. The van der Waals surface area contributed by atoms with Crippen LogP contribution in [0.25, 0.3) is 11.5 Å². The van der Waals surface area contributed by atoms with Crippen molar-refractivity contribution in [3.05, 3.63) is 53.0 Å². The number of amides is 1. The number of halogens is 2. The number of phenolic OH excluding ortho intramolecular Hbond substituents is 1. The Bertz CT molecular complexity index is 1060. The van der Waals surface area contributed by atoms with Crippen LogP contribution in [-0.4, -0.2) is 37.9 Å². The molecule has 1 aliphatic carbocycles. The fraction of sp³-hybridized carbons (Fsp3) is 0.381. The molecular formula is C21H21F2N5O3. The van der Waals surface area contributed by atoms with Gasteiger partial charge in [0.15, 0.2) is 17.4 Å². The third-order valence-electron chi connectivity index (χ3n) is 5.50. The second-order valence-corrected chi connectivity index (χ2v) is 7.73. The Morgan fingerprint density at radius 2 is 1.87 bits per heavy atom. The molecule has 1 amide bonds. The van der Waals surface area contributed by atoms with Gasteiger partial charge in [-0.25, -0.2) is 8.78 Å². The third-order valence-corrected chi connectivity index (χ3v) is 5.50. The molecule has 8 nitrogen and oxygen atoms in total. The Balaban J connectivity index is 1.29. The summed E-state index contributed by atoms with van der Waals surface area (Å²) < 4.78 is 32.3. The summed E-state index contributed by atoms with van der Waals surface area (Å²) in [5, 5.41) is 23.9. The lowest BCUT2D eigenvalue weighted by molar-refractivity contribution is 0.0941. The molecule has 0 radical (unpaired) electrons. The van der Waals surface area contributed by atoms with Gasteiger partial charge in [-0.1, -0.05) is 5.16 Å². The van der Waals surface area contributed by atoms with Gasteiger partial charge in [0.25, 0.3) is 5.91 Å². The van der Waals surface area contributed by atoms with Gasteiger partial charge in [-0.2, -0.15) is 10.1 Å². The highest BCUT2D eigenvalue weighted by Crippen LogP contribution is 2.35. The van der Waals surface area contributed by atoms with E-state index in [9.17, 15) is 13.6 Å². The zero-order valence-electron chi connectivity index (χ0n) is 16.8. The lowest BCUT2D eigenvalue weighted by atomic mass is 9.82. The lowest BCUT2D eigenvalue weighted by Gasteiger charge is -2.26. The van der Waals surface area contributed by atoms with Crippen molar-refractivity contribution >= 4 is 5.91 Å². The fourth-order valence-corrected chi connectivity index (χ4v) is 3.67. The summed E-state index contributed by atoms with van der Waals surface area (Å²) in [5.41, 5.74) is 1.19. The summed E-state index contributed by atoms with van der Waals surface area (Å²) in [7, 11) is 0. The first kappa shape index (κ1) is 20.8. The van der Waals surface area contributed by atoms with Crippen molar-refractivity contribution in [2.24, 2.45) is 5.92 Å². The fourth-order valence-electron chi connectivity index (χ4n) is 3.67. The van der Waals surface area contributed by atoms with Crippen molar-refractivity contribution in [3.63, 3.8) is 0 Å². The van der Waals surface area contributed by atoms with Gasteiger partial charge in [0.2, 0.25) is 11.7 Å². The highest BCUT2D eigenvalue weighted by Gasteiger charge is 2.27. The number of rotatable bonds is 5. The summed E-state index contributed by atoms with van der Waals surface area (Å²) in [6, 6.07) is 5.26. The van der Waals surface area contributed by atoms with E-state index in [1.807, 2.05) is 13.0 Å². The molecule has 2 heterocycles. The molecule has 2 aromatic heterocycles. The van der Waals surface area contributed by atoms with Crippen LogP contribution < -0.4 is 5.32 Å². The average molecular weight is 429 g/mol. The number of phenols is 1. The minimum absolute atomic E-state index is 0.131. The smallest absolute Gasteiger partial charge is 0.251 e. The Labute approximate surface area is 176 Å². The first-order valence-electron chi connectivity index (χ1n) is 10.0. The van der Waals surface area contributed by atoms with Crippen molar-refractivity contribution in [2.45, 2.75) is 38.5 Å². The number of hydrogen-bond acceptors (Lipinski definition) is 7. The molecule has 1 aromatic carbocycles. The Hall–Kier alpha value is -3.43. The van der Waals surface area contributed by atoms with Gasteiger partial charge in [0, 0.05) is 18.0 Å². The van der Waals surface area contributed by atoms with E-state index in [-0.39, 0.29) is 17.4 Å². The minimum Gasteiger partial charge on any atom is -0.503 e. The van der Waals surface area contributed by atoms with E-state index in [0.717, 1.165) is 43.5 Å². The van der Waals surface area contributed by atoms with Gasteiger partial charge < -0.3 is 14.9 Å². The maximum absolute atomic E-state index is 13.4. The molecule has 0 bridgehead atoms. The molecule has 10 heteroatoms. The number of nitrogens with one attached hydrogen (secondary N) is 1. The van der Waals surface area contributed by atoms with Crippen molar-refractivity contribution in [1.29, 1.82) is 0 Å². The monoisotopic (exact) mass is 429 g/mol. The van der Waals surface area contributed by atoms with Crippen LogP contribution in [0.5, 0.6) is 5.75 Å². The molecule has 0 saturated heterocycles. The molecule has 162 valence electrons. The van der Waals surface area contributed by atoms with Crippen LogP contribution in [0, 0.1) is 24.5 Å². The molecule has 0 aliphatic heterocycles. The predicted molar refractivity (Wildman–Crippen MR) is 105 cm³/mol. The zero-order valence-corrected chi connectivity index (χ0v) is 16.8. The van der Waals surface area contributed by atoms with Crippen LogP contribution in [0.3, 0.4) is 0 Å². The van der Waals surface area contributed by atoms with Gasteiger partial charge in [-0.15, -0.1) is 5.10 Å². The molecule has 2 N–H and O–H groups in total. The Morgan fingerprint density at radius 3 is 2.52 bits per heavy atom. The van der Waals surface area contributed by atoms with E-state index in [1.54, 1.807) is 6.07 Å². The van der Waals surface area contributed by atoms with Crippen molar-refractivity contribution in [3.8, 4) is 17.3 Å². The molecule has 0 atom stereocenters. The summed E-state index contributed by atoms with van der Waals surface area (Å²) in [4.78, 5) is 16.6. The van der Waals surface area contributed by atoms with Gasteiger partial charge >= 0.3 is 0 Å². The van der Waals surface area contributed by atoms with Gasteiger partial charge in [-0.3, -0.25) is 4.79 Å². The summed E-state index contributed by atoms with van der Waals surface area (Å²) in [6.45, 7) is 2.24. The molecule has 4 rings (SSSR count). The van der Waals surface area contributed by atoms with E-state index in [2.05, 4.69) is 25.7 Å². The van der Waals surface area contributed by atoms with Crippen LogP contribution in [0.4, 0.5) is 8.78 Å². The van der Waals surface area contributed by atoms with Crippen LogP contribution in [0.2, 0.25) is 0 Å². The zero-order chi connectivity index (χ0) is 22.0. The maximum Gasteiger partial charge on any atom is 0.251 e. The van der Waals surface area contributed by atoms with Gasteiger partial charge in [-0.05, 0) is 62.8 Å². The van der Waals surface area contributed by atoms with Crippen molar-refractivity contribution in [1.82, 2.24) is 25.7 Å². The van der Waals surface area contributed by atoms with Crippen LogP contribution in [-0.2, 0) is 0 Å². The van der Waals surface area contributed by atoms with E-state index in [1.165, 1.54) is 0 Å². The molecule has 0 spiro atoms. The predicted octanol–water partition coefficient (Wildman–Crippen LogP) is 3.52. The first-order chi connectivity index (χ1) is 14.9. The standard InChI is InChI=1S/C21H21F2N5O3/c1-11-2-7-17(27-26-11)19-25-21(31-28-19)13-5-3-12(4-6-13)10-24-20(30)14-8-15(22)18(29)16(23)9-14/h2,7-9,12-13,29H,3-6,10H2,1H3,(H,24,30). The van der Waals surface area contributed by atoms with Crippen molar-refractivity contribution < 1.29 is 23.2 Å². The second kappa shape index (κ2) is 8.75. The van der Waals surface area contributed by atoms with Crippen molar-refractivity contribution in [2.75, 3.05) is 6.54 Å². The maximum atomic E-state index is 13.4. The molecule has 31 heavy (non-hydrogen) atoms.